The van der Waals surface area contributed by atoms with Gasteiger partial charge in [-0.25, -0.2) is 0 Å². The quantitative estimate of drug-likeness (QED) is 0.851. The Labute approximate surface area is 129 Å². The lowest BCUT2D eigenvalue weighted by Crippen LogP contribution is -2.24. The molecule has 22 heavy (non-hydrogen) atoms. The van der Waals surface area contributed by atoms with Crippen LogP contribution in [0.1, 0.15) is 12.5 Å². The maximum Gasteiger partial charge on any atom is 0.255 e. The zero-order chi connectivity index (χ0) is 16.1. The van der Waals surface area contributed by atoms with Gasteiger partial charge in [-0.15, -0.1) is 0 Å². The fourth-order valence-electron chi connectivity index (χ4n) is 2.40. The normalized spacial score (nSPS) is 10.1. The number of benzene rings is 1. The molecule has 0 radical (unpaired) electrons. The van der Waals surface area contributed by atoms with E-state index in [-0.39, 0.29) is 12.0 Å². The van der Waals surface area contributed by atoms with Crippen LogP contribution in [0.2, 0.25) is 0 Å². The van der Waals surface area contributed by atoms with Gasteiger partial charge in [0.1, 0.15) is 11.5 Å². The molecule has 0 spiro atoms. The average molecular weight is 298 g/mol. The summed E-state index contributed by atoms with van der Waals surface area (Å²) in [6.07, 6.45) is 0.110. The summed E-state index contributed by atoms with van der Waals surface area (Å²) in [5.74, 6) is 1.32. The Morgan fingerprint density at radius 3 is 2.55 bits per heavy atom. The lowest BCUT2D eigenvalue weighted by molar-refractivity contribution is 0.395. The zero-order valence-corrected chi connectivity index (χ0v) is 12.9. The molecule has 1 aromatic heterocycles. The van der Waals surface area contributed by atoms with Crippen molar-refractivity contribution in [3.05, 3.63) is 46.2 Å². The molecule has 2 rings (SSSR count). The van der Waals surface area contributed by atoms with Crippen LogP contribution in [-0.4, -0.2) is 18.8 Å². The van der Waals surface area contributed by atoms with Crippen molar-refractivity contribution in [3.8, 4) is 28.8 Å². The van der Waals surface area contributed by atoms with Crippen molar-refractivity contribution < 1.29 is 9.47 Å². The fraction of sp³-hybridized carbons (Fsp3) is 0.294. The molecule has 114 valence electrons. The van der Waals surface area contributed by atoms with Gasteiger partial charge in [0.25, 0.3) is 5.56 Å². The summed E-state index contributed by atoms with van der Waals surface area (Å²) in [6.45, 7) is 2.42. The van der Waals surface area contributed by atoms with E-state index in [1.165, 1.54) is 0 Å². The number of nitriles is 1. The predicted molar refractivity (Wildman–Crippen MR) is 84.2 cm³/mol. The Bertz CT molecular complexity index is 772. The van der Waals surface area contributed by atoms with E-state index in [4.69, 9.17) is 14.7 Å². The van der Waals surface area contributed by atoms with Crippen LogP contribution in [0.25, 0.3) is 11.3 Å². The van der Waals surface area contributed by atoms with E-state index in [1.54, 1.807) is 30.9 Å². The lowest BCUT2D eigenvalue weighted by atomic mass is 10.1. The summed E-state index contributed by atoms with van der Waals surface area (Å²) in [4.78, 5) is 12.5. The predicted octanol–water partition coefficient (Wildman–Crippen LogP) is 2.62. The molecular formula is C17H18N2O3. The second kappa shape index (κ2) is 6.81. The molecule has 0 atom stereocenters. The van der Waals surface area contributed by atoms with Crippen LogP contribution in [0, 0.1) is 11.3 Å². The summed E-state index contributed by atoms with van der Waals surface area (Å²) in [5.41, 5.74) is 1.93. The third-order valence-electron chi connectivity index (χ3n) is 3.52. The monoisotopic (exact) mass is 298 g/mol. The van der Waals surface area contributed by atoms with Crippen molar-refractivity contribution in [1.82, 2.24) is 4.57 Å². The summed E-state index contributed by atoms with van der Waals surface area (Å²) < 4.78 is 12.3. The van der Waals surface area contributed by atoms with Crippen molar-refractivity contribution in [2.75, 3.05) is 14.2 Å². The lowest BCUT2D eigenvalue weighted by Gasteiger charge is -2.15. The van der Waals surface area contributed by atoms with Gasteiger partial charge < -0.3 is 14.0 Å². The summed E-state index contributed by atoms with van der Waals surface area (Å²) in [6, 6.07) is 11.0. The molecule has 0 unspecified atom stereocenters. The number of ether oxygens (including phenoxy) is 2. The van der Waals surface area contributed by atoms with Gasteiger partial charge in [-0.2, -0.15) is 5.26 Å². The Morgan fingerprint density at radius 1 is 1.18 bits per heavy atom. The van der Waals surface area contributed by atoms with Crippen molar-refractivity contribution >= 4 is 0 Å². The molecule has 1 heterocycles. The van der Waals surface area contributed by atoms with Crippen molar-refractivity contribution in [3.63, 3.8) is 0 Å². The Hall–Kier alpha value is -2.74. The Morgan fingerprint density at radius 2 is 1.95 bits per heavy atom. The first-order valence-corrected chi connectivity index (χ1v) is 6.98. The van der Waals surface area contributed by atoms with Gasteiger partial charge in [0.15, 0.2) is 0 Å². The molecule has 0 saturated carbocycles. The third kappa shape index (κ3) is 2.82. The van der Waals surface area contributed by atoms with Crippen LogP contribution >= 0.6 is 0 Å². The van der Waals surface area contributed by atoms with Gasteiger partial charge >= 0.3 is 0 Å². The number of aromatic nitrogens is 1. The zero-order valence-electron chi connectivity index (χ0n) is 12.9. The minimum absolute atomic E-state index is 0.110. The standard InChI is InChI=1S/C17H18N2O3/c1-4-19-15(8-5-12(9-10-18)17(19)20)14-7-6-13(21-2)11-16(14)22-3/h5-8,11H,4,9H2,1-3H3. The number of nitrogens with zero attached hydrogens (tertiary/aromatic N) is 2. The third-order valence-corrected chi connectivity index (χ3v) is 3.52. The van der Waals surface area contributed by atoms with Crippen LogP contribution in [0.15, 0.2) is 35.1 Å². The Balaban J connectivity index is 2.65. The molecule has 0 bridgehead atoms. The van der Waals surface area contributed by atoms with Gasteiger partial charge in [-0.3, -0.25) is 4.79 Å². The topological polar surface area (TPSA) is 64.2 Å². The van der Waals surface area contributed by atoms with Crippen LogP contribution in [0.4, 0.5) is 0 Å². The fourth-order valence-corrected chi connectivity index (χ4v) is 2.40. The van der Waals surface area contributed by atoms with Gasteiger partial charge in [0, 0.05) is 23.7 Å². The number of pyridine rings is 1. The number of methoxy groups -OCH3 is 2. The molecule has 2 aromatic rings. The maximum atomic E-state index is 12.5. The second-order valence-electron chi connectivity index (χ2n) is 4.69. The summed E-state index contributed by atoms with van der Waals surface area (Å²) in [5, 5.41) is 8.80. The molecule has 0 fully saturated rings. The van der Waals surface area contributed by atoms with E-state index in [1.807, 2.05) is 31.2 Å². The molecule has 0 aliphatic heterocycles. The first-order chi connectivity index (χ1) is 10.7. The number of rotatable bonds is 5. The largest absolute Gasteiger partial charge is 0.497 e. The van der Waals surface area contributed by atoms with Crippen molar-refractivity contribution in [2.24, 2.45) is 0 Å². The molecule has 0 aliphatic carbocycles. The average Bonchev–Trinajstić information content (AvgIpc) is 2.56. The van der Waals surface area contributed by atoms with E-state index in [0.717, 1.165) is 11.3 Å². The number of hydrogen-bond acceptors (Lipinski definition) is 4. The molecule has 0 saturated heterocycles. The molecule has 0 aliphatic rings. The summed E-state index contributed by atoms with van der Waals surface area (Å²) in [7, 11) is 3.17. The van der Waals surface area contributed by atoms with E-state index in [0.29, 0.717) is 23.6 Å². The maximum absolute atomic E-state index is 12.5. The first kappa shape index (κ1) is 15.6. The number of hydrogen-bond donors (Lipinski definition) is 0. The van der Waals surface area contributed by atoms with E-state index in [9.17, 15) is 4.79 Å². The summed E-state index contributed by atoms with van der Waals surface area (Å²) >= 11 is 0. The molecule has 0 amide bonds. The van der Waals surface area contributed by atoms with Crippen molar-refractivity contribution in [1.29, 1.82) is 5.26 Å². The van der Waals surface area contributed by atoms with Crippen LogP contribution in [0.3, 0.4) is 0 Å². The van der Waals surface area contributed by atoms with Gasteiger partial charge in [-0.1, -0.05) is 6.07 Å². The Kier molecular flexibility index (Phi) is 4.84. The minimum Gasteiger partial charge on any atom is -0.497 e. The van der Waals surface area contributed by atoms with Crippen LogP contribution in [-0.2, 0) is 13.0 Å². The van der Waals surface area contributed by atoms with Crippen LogP contribution < -0.4 is 15.0 Å². The highest BCUT2D eigenvalue weighted by atomic mass is 16.5. The second-order valence-corrected chi connectivity index (χ2v) is 4.69. The van der Waals surface area contributed by atoms with Crippen molar-refractivity contribution in [2.45, 2.75) is 19.9 Å². The van der Waals surface area contributed by atoms with Gasteiger partial charge in [0.05, 0.1) is 32.4 Å². The minimum atomic E-state index is -0.139. The molecule has 5 heteroatoms. The van der Waals surface area contributed by atoms with Gasteiger partial charge in [-0.05, 0) is 25.1 Å². The highest BCUT2D eigenvalue weighted by Crippen LogP contribution is 2.32. The first-order valence-electron chi connectivity index (χ1n) is 6.98. The smallest absolute Gasteiger partial charge is 0.255 e. The van der Waals surface area contributed by atoms with E-state index < -0.39 is 0 Å². The van der Waals surface area contributed by atoms with E-state index >= 15 is 0 Å². The van der Waals surface area contributed by atoms with Crippen LogP contribution in [0.5, 0.6) is 11.5 Å². The SMILES string of the molecule is CCn1c(-c2ccc(OC)cc2OC)ccc(CC#N)c1=O. The molecule has 5 nitrogen and oxygen atoms in total. The van der Waals surface area contributed by atoms with E-state index in [2.05, 4.69) is 0 Å². The molecular weight excluding hydrogens is 280 g/mol. The van der Waals surface area contributed by atoms with Gasteiger partial charge in [0.2, 0.25) is 0 Å². The highest BCUT2D eigenvalue weighted by molar-refractivity contribution is 5.69. The highest BCUT2D eigenvalue weighted by Gasteiger charge is 2.13. The molecule has 1 aromatic carbocycles. The molecule has 0 N–H and O–H groups in total.